The molecule has 0 spiro atoms. The van der Waals surface area contributed by atoms with Crippen LogP contribution in [0.25, 0.3) is 22.4 Å². The predicted molar refractivity (Wildman–Crippen MR) is 111 cm³/mol. The van der Waals surface area contributed by atoms with Gasteiger partial charge < -0.3 is 5.32 Å². The maximum Gasteiger partial charge on any atom is 0.357 e. The first kappa shape index (κ1) is 18.8. The van der Waals surface area contributed by atoms with Crippen LogP contribution in [0.2, 0.25) is 0 Å². The lowest BCUT2D eigenvalue weighted by atomic mass is 10.2. The van der Waals surface area contributed by atoms with Crippen molar-refractivity contribution in [2.45, 2.75) is 6.54 Å². The number of hydrogen-bond acceptors (Lipinski definition) is 6. The highest BCUT2D eigenvalue weighted by Crippen LogP contribution is 2.25. The van der Waals surface area contributed by atoms with Crippen molar-refractivity contribution in [3.8, 4) is 11.4 Å². The molecule has 3 N–H and O–H groups in total. The highest BCUT2D eigenvalue weighted by molar-refractivity contribution is 7.87. The molecule has 4 aromatic rings. The molecule has 0 fully saturated rings. The second kappa shape index (κ2) is 7.49. The van der Waals surface area contributed by atoms with Crippen LogP contribution in [0.3, 0.4) is 0 Å². The number of nitrogens with zero attached hydrogens (tertiary/aromatic N) is 4. The summed E-state index contributed by atoms with van der Waals surface area (Å²) in [4.78, 5) is 9.29. The minimum Gasteiger partial charge on any atom is -0.365 e. The van der Waals surface area contributed by atoms with Crippen molar-refractivity contribution in [2.24, 2.45) is 7.05 Å². The Labute approximate surface area is 167 Å². The van der Waals surface area contributed by atoms with Crippen molar-refractivity contribution in [2.75, 3.05) is 10.0 Å². The van der Waals surface area contributed by atoms with Crippen molar-refractivity contribution in [3.05, 3.63) is 66.4 Å². The van der Waals surface area contributed by atoms with Gasteiger partial charge in [-0.1, -0.05) is 42.5 Å². The van der Waals surface area contributed by atoms with Crippen LogP contribution < -0.4 is 10.0 Å². The van der Waals surface area contributed by atoms with E-state index in [2.05, 4.69) is 20.4 Å². The summed E-state index contributed by atoms with van der Waals surface area (Å²) in [6.07, 6.45) is 1.71. The number of nitrogens with one attached hydrogen (secondary N) is 2. The number of aromatic nitrogens is 4. The molecule has 0 saturated heterocycles. The summed E-state index contributed by atoms with van der Waals surface area (Å²) in [5, 5.41) is 8.38. The van der Waals surface area contributed by atoms with Gasteiger partial charge in [0.1, 0.15) is 5.82 Å². The fourth-order valence-electron chi connectivity index (χ4n) is 2.90. The van der Waals surface area contributed by atoms with Gasteiger partial charge >= 0.3 is 10.3 Å². The normalized spacial score (nSPS) is 11.5. The molecule has 4 rings (SSSR count). The Morgan fingerprint density at radius 3 is 2.45 bits per heavy atom. The van der Waals surface area contributed by atoms with Crippen LogP contribution >= 0.6 is 0 Å². The van der Waals surface area contributed by atoms with E-state index in [1.165, 1.54) is 0 Å². The van der Waals surface area contributed by atoms with Crippen molar-refractivity contribution < 1.29 is 13.0 Å². The number of rotatable bonds is 6. The SMILES string of the molecule is Cn1ncc2c(NCc3ccc(NS(=O)(=O)O)cc3)nc(-c3ccccc3)nc21. The van der Waals surface area contributed by atoms with E-state index in [4.69, 9.17) is 4.55 Å². The molecular formula is C19H18N6O3S. The Kier molecular flexibility index (Phi) is 4.87. The molecule has 0 amide bonds. The van der Waals surface area contributed by atoms with Crippen molar-refractivity contribution in [1.29, 1.82) is 0 Å². The van der Waals surface area contributed by atoms with Gasteiger partial charge in [0.2, 0.25) is 0 Å². The second-order valence-electron chi connectivity index (χ2n) is 6.39. The molecule has 2 heterocycles. The highest BCUT2D eigenvalue weighted by atomic mass is 32.2. The molecule has 2 aromatic carbocycles. The molecule has 0 bridgehead atoms. The largest absolute Gasteiger partial charge is 0.365 e. The monoisotopic (exact) mass is 410 g/mol. The van der Waals surface area contributed by atoms with Gasteiger partial charge in [-0.15, -0.1) is 0 Å². The Bertz CT molecular complexity index is 1250. The summed E-state index contributed by atoms with van der Waals surface area (Å²) in [6.45, 7) is 0.460. The molecule has 0 aliphatic carbocycles. The Morgan fingerprint density at radius 1 is 1.03 bits per heavy atom. The van der Waals surface area contributed by atoms with Crippen LogP contribution in [0.4, 0.5) is 11.5 Å². The second-order valence-corrected chi connectivity index (χ2v) is 7.55. The average molecular weight is 410 g/mol. The quantitative estimate of drug-likeness (QED) is 0.418. The van der Waals surface area contributed by atoms with Gasteiger partial charge in [-0.05, 0) is 17.7 Å². The fraction of sp³-hybridized carbons (Fsp3) is 0.105. The van der Waals surface area contributed by atoms with Crippen molar-refractivity contribution in [1.82, 2.24) is 19.7 Å². The van der Waals surface area contributed by atoms with Gasteiger partial charge in [-0.3, -0.25) is 14.0 Å². The topological polar surface area (TPSA) is 122 Å². The maximum absolute atomic E-state index is 10.9. The van der Waals surface area contributed by atoms with Crippen LogP contribution in [0.15, 0.2) is 60.8 Å². The molecule has 148 valence electrons. The lowest BCUT2D eigenvalue weighted by molar-refractivity contribution is 0.489. The molecule has 0 unspecified atom stereocenters. The maximum atomic E-state index is 10.9. The molecule has 2 aromatic heterocycles. The van der Waals surface area contributed by atoms with Crippen LogP contribution in [0.5, 0.6) is 0 Å². The highest BCUT2D eigenvalue weighted by Gasteiger charge is 2.13. The first-order chi connectivity index (χ1) is 13.9. The molecule has 10 heteroatoms. The zero-order chi connectivity index (χ0) is 20.4. The fourth-order valence-corrected chi connectivity index (χ4v) is 3.33. The molecule has 0 saturated carbocycles. The van der Waals surface area contributed by atoms with Crippen molar-refractivity contribution in [3.63, 3.8) is 0 Å². The lowest BCUT2D eigenvalue weighted by Gasteiger charge is -2.10. The minimum absolute atomic E-state index is 0.277. The zero-order valence-corrected chi connectivity index (χ0v) is 16.3. The van der Waals surface area contributed by atoms with E-state index in [0.717, 1.165) is 16.5 Å². The lowest BCUT2D eigenvalue weighted by Crippen LogP contribution is -2.10. The van der Waals surface area contributed by atoms with E-state index < -0.39 is 10.3 Å². The van der Waals surface area contributed by atoms with Gasteiger partial charge in [0, 0.05) is 19.2 Å². The molecular weight excluding hydrogens is 392 g/mol. The molecule has 0 aliphatic heterocycles. The Balaban J connectivity index is 1.61. The summed E-state index contributed by atoms with van der Waals surface area (Å²) < 4.78 is 34.3. The van der Waals surface area contributed by atoms with Crippen LogP contribution in [-0.4, -0.2) is 32.7 Å². The van der Waals surface area contributed by atoms with Gasteiger partial charge in [-0.2, -0.15) is 13.5 Å². The Morgan fingerprint density at radius 2 is 1.76 bits per heavy atom. The third kappa shape index (κ3) is 4.33. The first-order valence-electron chi connectivity index (χ1n) is 8.72. The van der Waals surface area contributed by atoms with Gasteiger partial charge in [-0.25, -0.2) is 9.97 Å². The molecule has 29 heavy (non-hydrogen) atoms. The smallest absolute Gasteiger partial charge is 0.357 e. The molecule has 0 aliphatic rings. The van der Waals surface area contributed by atoms with Gasteiger partial charge in [0.15, 0.2) is 11.5 Å². The molecule has 9 nitrogen and oxygen atoms in total. The number of fused-ring (bicyclic) bond motifs is 1. The standard InChI is InChI=1S/C19H18N6O3S/c1-25-19-16(12-21-25)18(22-17(23-19)14-5-3-2-4-6-14)20-11-13-7-9-15(10-8-13)24-29(26,27)28/h2-10,12,24H,11H2,1H3,(H,20,22,23)(H,26,27,28). The minimum atomic E-state index is -4.29. The van der Waals surface area contributed by atoms with E-state index in [-0.39, 0.29) is 5.69 Å². The number of hydrogen-bond donors (Lipinski definition) is 3. The third-order valence-corrected chi connectivity index (χ3v) is 4.78. The number of aryl methyl sites for hydroxylation is 1. The van der Waals surface area contributed by atoms with E-state index in [9.17, 15) is 8.42 Å². The third-order valence-electron chi connectivity index (χ3n) is 4.28. The van der Waals surface area contributed by atoms with Crippen LogP contribution in [0, 0.1) is 0 Å². The van der Waals surface area contributed by atoms with Crippen molar-refractivity contribution >= 4 is 32.8 Å². The van der Waals surface area contributed by atoms with E-state index in [1.807, 2.05) is 42.1 Å². The summed E-state index contributed by atoms with van der Waals surface area (Å²) in [5.41, 5.74) is 2.80. The summed E-state index contributed by atoms with van der Waals surface area (Å²) in [5.74, 6) is 1.25. The number of benzene rings is 2. The van der Waals surface area contributed by atoms with E-state index >= 15 is 0 Å². The number of anilines is 2. The summed E-state index contributed by atoms with van der Waals surface area (Å²) in [7, 11) is -2.46. The Hall–Kier alpha value is -3.50. The molecule has 0 radical (unpaired) electrons. The average Bonchev–Trinajstić information content (AvgIpc) is 3.08. The predicted octanol–water partition coefficient (Wildman–Crippen LogP) is 2.86. The van der Waals surface area contributed by atoms with Crippen LogP contribution in [-0.2, 0) is 23.9 Å². The zero-order valence-electron chi connectivity index (χ0n) is 15.4. The molecule has 0 atom stereocenters. The van der Waals surface area contributed by atoms with Crippen LogP contribution in [0.1, 0.15) is 5.56 Å². The summed E-state index contributed by atoms with van der Waals surface area (Å²) >= 11 is 0. The van der Waals surface area contributed by atoms with Gasteiger partial charge in [0.25, 0.3) is 0 Å². The van der Waals surface area contributed by atoms with E-state index in [1.54, 1.807) is 35.1 Å². The first-order valence-corrected chi connectivity index (χ1v) is 10.2. The summed E-state index contributed by atoms with van der Waals surface area (Å²) in [6, 6.07) is 16.3. The van der Waals surface area contributed by atoms with Gasteiger partial charge in [0.05, 0.1) is 17.3 Å². The van der Waals surface area contributed by atoms with E-state index in [0.29, 0.717) is 23.8 Å².